The number of ketones is 1. The highest BCUT2D eigenvalue weighted by molar-refractivity contribution is 6.21. The maximum atomic E-state index is 14.2. The van der Waals surface area contributed by atoms with Crippen molar-refractivity contribution in [1.29, 1.82) is 0 Å². The summed E-state index contributed by atoms with van der Waals surface area (Å²) in [6.07, 6.45) is -2.04. The molecule has 186 valence electrons. The van der Waals surface area contributed by atoms with E-state index >= 15 is 0 Å². The third-order valence-electron chi connectivity index (χ3n) is 5.02. The molecule has 3 amide bonds. The smallest absolute Gasteiger partial charge is 0.432 e. The van der Waals surface area contributed by atoms with E-state index in [1.165, 1.54) is 11.8 Å². The fourth-order valence-corrected chi connectivity index (χ4v) is 3.94. The minimum Gasteiger partial charge on any atom is -0.443 e. The molecule has 0 saturated carbocycles. The van der Waals surface area contributed by atoms with Gasteiger partial charge in [-0.3, -0.25) is 14.5 Å². The molecule has 1 aliphatic rings. The number of Topliss-reactive ketones (excluding diaryl/α,β-unsaturated/α-hetero) is 1. The van der Waals surface area contributed by atoms with E-state index < -0.39 is 40.7 Å². The van der Waals surface area contributed by atoms with E-state index in [-0.39, 0.29) is 11.1 Å². The number of nitrogens with zero attached hydrogens (tertiary/aromatic N) is 2. The van der Waals surface area contributed by atoms with Crippen LogP contribution in [0.5, 0.6) is 0 Å². The van der Waals surface area contributed by atoms with Gasteiger partial charge >= 0.3 is 12.2 Å². The van der Waals surface area contributed by atoms with Crippen molar-refractivity contribution in [2.45, 2.75) is 65.3 Å². The first kappa shape index (κ1) is 25.7. The van der Waals surface area contributed by atoms with Crippen molar-refractivity contribution in [3.8, 4) is 0 Å². The van der Waals surface area contributed by atoms with Gasteiger partial charge in [0.1, 0.15) is 11.2 Å². The first-order chi connectivity index (χ1) is 16.2. The number of hydrogen-bond acceptors (Lipinski definition) is 6. The van der Waals surface area contributed by atoms with Gasteiger partial charge in [0.15, 0.2) is 0 Å². The van der Waals surface area contributed by atoms with Gasteiger partial charge in [0, 0.05) is 18.1 Å². The molecule has 0 unspecified atom stereocenters. The highest BCUT2D eigenvalue weighted by atomic mass is 16.6. The van der Waals surface area contributed by atoms with Gasteiger partial charge in [0.05, 0.1) is 5.69 Å². The lowest BCUT2D eigenvalue weighted by atomic mass is 9.92. The second-order valence-electron chi connectivity index (χ2n) is 10.2. The normalized spacial score (nSPS) is 17.5. The third kappa shape index (κ3) is 4.99. The summed E-state index contributed by atoms with van der Waals surface area (Å²) in [5, 5.41) is 0.755. The van der Waals surface area contributed by atoms with Gasteiger partial charge in [-0.1, -0.05) is 42.5 Å². The maximum absolute atomic E-state index is 14.2. The Balaban J connectivity index is 2.32. The molecule has 0 bridgehead atoms. The van der Waals surface area contributed by atoms with Gasteiger partial charge in [-0.15, -0.1) is 0 Å². The minimum atomic E-state index is -2.10. The standard InChI is InChI=1S/C26H31N3O6/c1-17(30)28-20-16-12-11-15-19(20)21(31)26(28,18-13-9-8-10-14-18)29(23(33)35-25(5,6)7)27-22(32)34-24(2,3)4/h8-16H,1-7H3,(H,27,32)/t26-/m1/s1. The average molecular weight is 482 g/mol. The molecule has 3 rings (SSSR count). The van der Waals surface area contributed by atoms with Crippen LogP contribution in [-0.2, 0) is 19.9 Å². The molecular formula is C26H31N3O6. The van der Waals surface area contributed by atoms with Crippen molar-refractivity contribution < 1.29 is 28.7 Å². The number of ether oxygens (including phenoxy) is 2. The predicted octanol–water partition coefficient (Wildman–Crippen LogP) is 4.77. The average Bonchev–Trinajstić information content (AvgIpc) is 3.00. The molecule has 9 nitrogen and oxygen atoms in total. The van der Waals surface area contributed by atoms with E-state index in [9.17, 15) is 19.2 Å². The molecule has 1 heterocycles. The molecule has 9 heteroatoms. The highest BCUT2D eigenvalue weighted by Crippen LogP contribution is 2.47. The Morgan fingerprint density at radius 3 is 1.94 bits per heavy atom. The number of carbonyl (C=O) groups is 4. The maximum Gasteiger partial charge on any atom is 0.432 e. The predicted molar refractivity (Wildman–Crippen MR) is 129 cm³/mol. The van der Waals surface area contributed by atoms with Gasteiger partial charge in [-0.25, -0.2) is 15.0 Å². The van der Waals surface area contributed by atoms with Gasteiger partial charge in [-0.05, 0) is 53.7 Å². The van der Waals surface area contributed by atoms with Crippen LogP contribution in [0.1, 0.15) is 64.4 Å². The summed E-state index contributed by atoms with van der Waals surface area (Å²) in [5.74, 6) is -1.11. The lowest BCUT2D eigenvalue weighted by Gasteiger charge is -2.44. The Morgan fingerprint density at radius 1 is 0.857 bits per heavy atom. The lowest BCUT2D eigenvalue weighted by molar-refractivity contribution is -0.119. The summed E-state index contributed by atoms with van der Waals surface area (Å²) >= 11 is 0. The van der Waals surface area contributed by atoms with Gasteiger partial charge in [0.2, 0.25) is 17.4 Å². The molecule has 2 aromatic rings. The van der Waals surface area contributed by atoms with Crippen LogP contribution in [0.2, 0.25) is 0 Å². The number of nitrogens with one attached hydrogen (secondary N) is 1. The summed E-state index contributed by atoms with van der Waals surface area (Å²) in [5.41, 5.74) is -0.771. The van der Waals surface area contributed by atoms with Crippen molar-refractivity contribution in [3.63, 3.8) is 0 Å². The molecule has 0 spiro atoms. The molecule has 0 saturated heterocycles. The zero-order valence-corrected chi connectivity index (χ0v) is 21.0. The number of benzene rings is 2. The van der Waals surface area contributed by atoms with Crippen LogP contribution in [0, 0.1) is 0 Å². The summed E-state index contributed by atoms with van der Waals surface area (Å²) in [6, 6.07) is 14.8. The molecule has 1 N–H and O–H groups in total. The van der Waals surface area contributed by atoms with Crippen LogP contribution < -0.4 is 10.3 Å². The summed E-state index contributed by atoms with van der Waals surface area (Å²) in [4.78, 5) is 55.1. The van der Waals surface area contributed by atoms with Crippen molar-refractivity contribution in [1.82, 2.24) is 10.4 Å². The fourth-order valence-electron chi connectivity index (χ4n) is 3.94. The van der Waals surface area contributed by atoms with Crippen LogP contribution in [0.15, 0.2) is 54.6 Å². The number of carbonyl (C=O) groups excluding carboxylic acids is 4. The lowest BCUT2D eigenvalue weighted by Crippen LogP contribution is -2.68. The number of anilines is 1. The fraction of sp³-hybridized carbons (Fsp3) is 0.385. The number of amides is 3. The van der Waals surface area contributed by atoms with E-state index in [1.807, 2.05) is 0 Å². The zero-order valence-electron chi connectivity index (χ0n) is 21.0. The van der Waals surface area contributed by atoms with Crippen LogP contribution >= 0.6 is 0 Å². The second-order valence-corrected chi connectivity index (χ2v) is 10.2. The molecule has 0 radical (unpaired) electrons. The first-order valence-electron chi connectivity index (χ1n) is 11.2. The van der Waals surface area contributed by atoms with Crippen LogP contribution in [0.4, 0.5) is 15.3 Å². The number of rotatable bonds is 2. The van der Waals surface area contributed by atoms with Gasteiger partial charge < -0.3 is 9.47 Å². The number of para-hydroxylation sites is 1. The van der Waals surface area contributed by atoms with Crippen LogP contribution in [0.3, 0.4) is 0 Å². The minimum absolute atomic E-state index is 0.214. The summed E-state index contributed by atoms with van der Waals surface area (Å²) < 4.78 is 11.0. The monoisotopic (exact) mass is 481 g/mol. The Labute approximate surface area is 205 Å². The molecule has 0 fully saturated rings. The Kier molecular flexibility index (Phi) is 6.66. The van der Waals surface area contributed by atoms with Crippen molar-refractivity contribution in [2.75, 3.05) is 4.90 Å². The number of hydrazine groups is 1. The Bertz CT molecular complexity index is 1150. The Hall–Kier alpha value is -3.88. The second kappa shape index (κ2) is 9.05. The quantitative estimate of drug-likeness (QED) is 0.620. The molecule has 2 aromatic carbocycles. The molecular weight excluding hydrogens is 450 g/mol. The van der Waals surface area contributed by atoms with E-state index in [0.717, 1.165) is 5.01 Å². The van der Waals surface area contributed by atoms with E-state index in [1.54, 1.807) is 96.1 Å². The van der Waals surface area contributed by atoms with Crippen LogP contribution in [0.25, 0.3) is 0 Å². The van der Waals surface area contributed by atoms with E-state index in [4.69, 9.17) is 9.47 Å². The topological polar surface area (TPSA) is 105 Å². The van der Waals surface area contributed by atoms with Crippen molar-refractivity contribution in [2.24, 2.45) is 0 Å². The van der Waals surface area contributed by atoms with Gasteiger partial charge in [0.25, 0.3) is 0 Å². The third-order valence-corrected chi connectivity index (χ3v) is 5.02. The molecule has 1 atom stereocenters. The first-order valence-corrected chi connectivity index (χ1v) is 11.2. The SMILES string of the molecule is CC(=O)N1c2ccccc2C(=O)[C@@]1(c1ccccc1)N(NC(=O)OC(C)(C)C)C(=O)OC(C)(C)C. The number of fused-ring (bicyclic) bond motifs is 1. The zero-order chi connectivity index (χ0) is 26.2. The largest absolute Gasteiger partial charge is 0.443 e. The molecule has 35 heavy (non-hydrogen) atoms. The Morgan fingerprint density at radius 2 is 1.40 bits per heavy atom. The molecule has 1 aliphatic heterocycles. The van der Waals surface area contributed by atoms with Gasteiger partial charge in [-0.2, -0.15) is 5.01 Å². The van der Waals surface area contributed by atoms with Crippen molar-refractivity contribution >= 4 is 29.6 Å². The summed E-state index contributed by atoms with van der Waals surface area (Å²) in [6.45, 7) is 11.2. The summed E-state index contributed by atoms with van der Waals surface area (Å²) in [7, 11) is 0. The van der Waals surface area contributed by atoms with Crippen molar-refractivity contribution in [3.05, 3.63) is 65.7 Å². The van der Waals surface area contributed by atoms with E-state index in [2.05, 4.69) is 5.43 Å². The highest BCUT2D eigenvalue weighted by Gasteiger charge is 2.61. The van der Waals surface area contributed by atoms with E-state index in [0.29, 0.717) is 5.69 Å². The molecule has 0 aromatic heterocycles. The number of hydrogen-bond donors (Lipinski definition) is 1. The van der Waals surface area contributed by atoms with Crippen LogP contribution in [-0.4, -0.2) is 40.1 Å². The molecule has 0 aliphatic carbocycles.